The maximum absolute atomic E-state index is 5.76. The molecule has 0 aliphatic heterocycles. The number of hydrogen-bond donors (Lipinski definition) is 2. The lowest BCUT2D eigenvalue weighted by atomic mass is 10.1. The van der Waals surface area contributed by atoms with E-state index in [-0.39, 0.29) is 12.1 Å². The van der Waals surface area contributed by atoms with Gasteiger partial charge in [0, 0.05) is 0 Å². The summed E-state index contributed by atoms with van der Waals surface area (Å²) in [6, 6.07) is 5.94. The van der Waals surface area contributed by atoms with E-state index in [1.807, 2.05) is 32.0 Å². The molecule has 2 aromatic heterocycles. The van der Waals surface area contributed by atoms with E-state index in [2.05, 4.69) is 32.2 Å². The number of aromatic nitrogens is 4. The van der Waals surface area contributed by atoms with Crippen molar-refractivity contribution in [1.82, 2.24) is 19.9 Å². The molecule has 3 rings (SSSR count). The van der Waals surface area contributed by atoms with E-state index in [1.54, 1.807) is 13.4 Å². The van der Waals surface area contributed by atoms with Gasteiger partial charge >= 0.3 is 0 Å². The first-order chi connectivity index (χ1) is 11.6. The van der Waals surface area contributed by atoms with Gasteiger partial charge in [0.05, 0.1) is 25.6 Å². The number of H-pyrrole nitrogens is 1. The summed E-state index contributed by atoms with van der Waals surface area (Å²) in [5.74, 6) is 2.16. The highest BCUT2D eigenvalue weighted by Crippen LogP contribution is 2.32. The summed E-state index contributed by atoms with van der Waals surface area (Å²) in [7, 11) is 1.64. The third-order valence-electron chi connectivity index (χ3n) is 3.63. The minimum absolute atomic E-state index is 0.0217. The molecular formula is C17H21N5O2. The fourth-order valence-corrected chi connectivity index (χ4v) is 2.47. The number of rotatable bonds is 6. The van der Waals surface area contributed by atoms with Crippen LogP contribution in [0.25, 0.3) is 11.2 Å². The molecule has 3 aromatic rings. The van der Waals surface area contributed by atoms with Gasteiger partial charge in [-0.25, -0.2) is 15.0 Å². The Morgan fingerprint density at radius 3 is 2.67 bits per heavy atom. The van der Waals surface area contributed by atoms with Crippen molar-refractivity contribution in [1.29, 1.82) is 0 Å². The molecule has 0 fully saturated rings. The first-order valence-corrected chi connectivity index (χ1v) is 7.83. The molecule has 0 unspecified atom stereocenters. The molecule has 0 aliphatic carbocycles. The molecule has 0 aliphatic rings. The van der Waals surface area contributed by atoms with E-state index in [9.17, 15) is 0 Å². The van der Waals surface area contributed by atoms with Crippen LogP contribution < -0.4 is 14.8 Å². The van der Waals surface area contributed by atoms with Crippen LogP contribution in [0.3, 0.4) is 0 Å². The molecule has 2 N–H and O–H groups in total. The van der Waals surface area contributed by atoms with Crippen molar-refractivity contribution in [2.45, 2.75) is 32.9 Å². The van der Waals surface area contributed by atoms with Gasteiger partial charge in [-0.15, -0.1) is 0 Å². The van der Waals surface area contributed by atoms with Gasteiger partial charge in [0.1, 0.15) is 11.8 Å². The highest BCUT2D eigenvalue weighted by Gasteiger charge is 2.14. The van der Waals surface area contributed by atoms with Crippen LogP contribution >= 0.6 is 0 Å². The van der Waals surface area contributed by atoms with E-state index in [1.165, 1.54) is 6.33 Å². The second kappa shape index (κ2) is 6.74. The Kier molecular flexibility index (Phi) is 4.50. The Balaban J connectivity index is 1.84. The molecular weight excluding hydrogens is 306 g/mol. The van der Waals surface area contributed by atoms with E-state index in [0.717, 1.165) is 16.8 Å². The zero-order valence-corrected chi connectivity index (χ0v) is 14.2. The third-order valence-corrected chi connectivity index (χ3v) is 3.63. The Bertz CT molecular complexity index is 831. The zero-order chi connectivity index (χ0) is 17.1. The van der Waals surface area contributed by atoms with Gasteiger partial charge in [-0.1, -0.05) is 6.07 Å². The number of nitrogens with one attached hydrogen (secondary N) is 2. The highest BCUT2D eigenvalue weighted by molar-refractivity contribution is 5.82. The first kappa shape index (κ1) is 16.0. The lowest BCUT2D eigenvalue weighted by molar-refractivity contribution is 0.230. The van der Waals surface area contributed by atoms with Crippen LogP contribution in [0.1, 0.15) is 32.4 Å². The lowest BCUT2D eigenvalue weighted by Crippen LogP contribution is -2.10. The van der Waals surface area contributed by atoms with Crippen molar-refractivity contribution in [3.63, 3.8) is 0 Å². The normalized spacial score (nSPS) is 12.4. The SMILES string of the molecule is COc1cc([C@H](C)Nc2ncnc3nc[nH]c23)ccc1OC(C)C. The minimum atomic E-state index is 0.0217. The van der Waals surface area contributed by atoms with Gasteiger partial charge in [0.25, 0.3) is 0 Å². The van der Waals surface area contributed by atoms with Crippen LogP contribution in [0.2, 0.25) is 0 Å². The Morgan fingerprint density at radius 2 is 1.92 bits per heavy atom. The minimum Gasteiger partial charge on any atom is -0.493 e. The average molecular weight is 327 g/mol. The number of anilines is 1. The smallest absolute Gasteiger partial charge is 0.182 e. The van der Waals surface area contributed by atoms with Gasteiger partial charge in [-0.05, 0) is 38.5 Å². The fraction of sp³-hybridized carbons (Fsp3) is 0.353. The van der Waals surface area contributed by atoms with Crippen molar-refractivity contribution in [2.75, 3.05) is 12.4 Å². The topological polar surface area (TPSA) is 85.0 Å². The Labute approximate surface area is 140 Å². The number of nitrogens with zero attached hydrogens (tertiary/aromatic N) is 3. The van der Waals surface area contributed by atoms with Gasteiger partial charge in [-0.2, -0.15) is 0 Å². The number of imidazole rings is 1. The number of benzene rings is 1. The predicted octanol–water partition coefficient (Wildman–Crippen LogP) is 3.32. The van der Waals surface area contributed by atoms with E-state index in [4.69, 9.17) is 9.47 Å². The first-order valence-electron chi connectivity index (χ1n) is 7.83. The summed E-state index contributed by atoms with van der Waals surface area (Å²) in [5, 5.41) is 3.38. The largest absolute Gasteiger partial charge is 0.493 e. The second-order valence-corrected chi connectivity index (χ2v) is 5.77. The summed E-state index contributed by atoms with van der Waals surface area (Å²) in [4.78, 5) is 15.6. The Morgan fingerprint density at radius 1 is 1.08 bits per heavy atom. The monoisotopic (exact) mass is 327 g/mol. The van der Waals surface area contributed by atoms with Gasteiger partial charge in [0.15, 0.2) is 23.0 Å². The fourth-order valence-electron chi connectivity index (χ4n) is 2.47. The van der Waals surface area contributed by atoms with Crippen LogP contribution in [-0.2, 0) is 0 Å². The molecule has 2 heterocycles. The molecule has 0 radical (unpaired) electrons. The second-order valence-electron chi connectivity index (χ2n) is 5.77. The van der Waals surface area contributed by atoms with Crippen LogP contribution in [0.15, 0.2) is 30.9 Å². The number of ether oxygens (including phenoxy) is 2. The standard InChI is InChI=1S/C17H21N5O2/c1-10(2)24-13-6-5-12(7-14(13)23-4)11(3)22-17-15-16(19-8-18-15)20-9-21-17/h5-11H,1-4H3,(H2,18,19,20,21,22)/t11-/m0/s1. The molecule has 1 atom stereocenters. The molecule has 7 heteroatoms. The van der Waals surface area contributed by atoms with E-state index < -0.39 is 0 Å². The summed E-state index contributed by atoms with van der Waals surface area (Å²) in [6.07, 6.45) is 3.20. The maximum atomic E-state index is 5.76. The predicted molar refractivity (Wildman–Crippen MR) is 92.5 cm³/mol. The maximum Gasteiger partial charge on any atom is 0.182 e. The molecule has 0 saturated heterocycles. The zero-order valence-electron chi connectivity index (χ0n) is 14.2. The molecule has 0 bridgehead atoms. The molecule has 7 nitrogen and oxygen atoms in total. The van der Waals surface area contributed by atoms with Gasteiger partial charge < -0.3 is 19.8 Å². The van der Waals surface area contributed by atoms with Crippen LogP contribution in [-0.4, -0.2) is 33.1 Å². The number of aromatic amines is 1. The Hall–Kier alpha value is -2.83. The average Bonchev–Trinajstić information content (AvgIpc) is 3.04. The molecule has 24 heavy (non-hydrogen) atoms. The molecule has 1 aromatic carbocycles. The van der Waals surface area contributed by atoms with Crippen molar-refractivity contribution < 1.29 is 9.47 Å². The van der Waals surface area contributed by atoms with Crippen LogP contribution in [0.4, 0.5) is 5.82 Å². The van der Waals surface area contributed by atoms with Crippen molar-refractivity contribution in [3.05, 3.63) is 36.4 Å². The van der Waals surface area contributed by atoms with Crippen molar-refractivity contribution in [2.24, 2.45) is 0 Å². The van der Waals surface area contributed by atoms with E-state index in [0.29, 0.717) is 17.2 Å². The number of hydrogen-bond acceptors (Lipinski definition) is 6. The molecule has 0 saturated carbocycles. The molecule has 0 amide bonds. The van der Waals surface area contributed by atoms with Crippen LogP contribution in [0.5, 0.6) is 11.5 Å². The molecule has 126 valence electrons. The third kappa shape index (κ3) is 3.24. The van der Waals surface area contributed by atoms with Crippen molar-refractivity contribution in [3.8, 4) is 11.5 Å². The summed E-state index contributed by atoms with van der Waals surface area (Å²) in [6.45, 7) is 6.03. The lowest BCUT2D eigenvalue weighted by Gasteiger charge is -2.18. The van der Waals surface area contributed by atoms with Gasteiger partial charge in [0.2, 0.25) is 0 Å². The van der Waals surface area contributed by atoms with Gasteiger partial charge in [-0.3, -0.25) is 0 Å². The molecule has 0 spiro atoms. The summed E-state index contributed by atoms with van der Waals surface area (Å²) in [5.41, 5.74) is 2.49. The summed E-state index contributed by atoms with van der Waals surface area (Å²) < 4.78 is 11.2. The summed E-state index contributed by atoms with van der Waals surface area (Å²) >= 11 is 0. The number of fused-ring (bicyclic) bond motifs is 1. The van der Waals surface area contributed by atoms with E-state index >= 15 is 0 Å². The quantitative estimate of drug-likeness (QED) is 0.722. The van der Waals surface area contributed by atoms with Crippen molar-refractivity contribution >= 4 is 17.0 Å². The number of methoxy groups -OCH3 is 1. The van der Waals surface area contributed by atoms with Crippen LogP contribution in [0, 0.1) is 0 Å². The highest BCUT2D eigenvalue weighted by atomic mass is 16.5.